The van der Waals surface area contributed by atoms with E-state index in [2.05, 4.69) is 0 Å². The molecule has 0 aromatic heterocycles. The summed E-state index contributed by atoms with van der Waals surface area (Å²) in [5.41, 5.74) is 0. The third-order valence-electron chi connectivity index (χ3n) is 3.73. The van der Waals surface area contributed by atoms with E-state index in [0.29, 0.717) is 10.9 Å². The number of aliphatic hydroxyl groups is 1. The molecule has 0 radical (unpaired) electrons. The Morgan fingerprint density at radius 2 is 2.00 bits per heavy atom. The maximum absolute atomic E-state index is 10.3. The molecule has 1 saturated carbocycles. The van der Waals surface area contributed by atoms with E-state index in [9.17, 15) is 5.11 Å². The summed E-state index contributed by atoms with van der Waals surface area (Å²) < 4.78 is 5.78. The van der Waals surface area contributed by atoms with Crippen molar-refractivity contribution >= 4 is 11.6 Å². The standard InChI is InChI=1S/C15H21ClO2/c1-11(15(17)12-6-3-2-4-7-12)18-14-9-5-8-13(16)10-14/h5,8-12,15,17H,2-4,6-7H2,1H3. The molecule has 2 atom stereocenters. The second-order valence-corrected chi connectivity index (χ2v) is 5.61. The summed E-state index contributed by atoms with van der Waals surface area (Å²) in [4.78, 5) is 0. The molecule has 2 unspecified atom stereocenters. The van der Waals surface area contributed by atoms with Crippen molar-refractivity contribution < 1.29 is 9.84 Å². The predicted octanol–water partition coefficient (Wildman–Crippen LogP) is 4.05. The van der Waals surface area contributed by atoms with Gasteiger partial charge in [0.25, 0.3) is 0 Å². The maximum atomic E-state index is 10.3. The number of benzene rings is 1. The van der Waals surface area contributed by atoms with Gasteiger partial charge in [0.15, 0.2) is 0 Å². The van der Waals surface area contributed by atoms with E-state index < -0.39 is 0 Å². The molecule has 18 heavy (non-hydrogen) atoms. The molecule has 100 valence electrons. The maximum Gasteiger partial charge on any atom is 0.122 e. The quantitative estimate of drug-likeness (QED) is 0.893. The van der Waals surface area contributed by atoms with E-state index in [0.717, 1.165) is 18.6 Å². The number of rotatable bonds is 4. The lowest BCUT2D eigenvalue weighted by Crippen LogP contribution is -2.36. The van der Waals surface area contributed by atoms with Crippen LogP contribution >= 0.6 is 11.6 Å². The molecule has 1 aromatic carbocycles. The van der Waals surface area contributed by atoms with Crippen molar-refractivity contribution in [3.8, 4) is 5.75 Å². The highest BCUT2D eigenvalue weighted by atomic mass is 35.5. The van der Waals surface area contributed by atoms with Crippen molar-refractivity contribution in [2.75, 3.05) is 0 Å². The normalized spacial score (nSPS) is 20.4. The summed E-state index contributed by atoms with van der Waals surface area (Å²) in [6.45, 7) is 1.93. The van der Waals surface area contributed by atoms with Gasteiger partial charge >= 0.3 is 0 Å². The molecule has 1 aromatic rings. The van der Waals surface area contributed by atoms with Gasteiger partial charge < -0.3 is 9.84 Å². The van der Waals surface area contributed by atoms with Crippen LogP contribution in [-0.4, -0.2) is 17.3 Å². The summed E-state index contributed by atoms with van der Waals surface area (Å²) in [7, 11) is 0. The van der Waals surface area contributed by atoms with Gasteiger partial charge in [0.2, 0.25) is 0 Å². The van der Waals surface area contributed by atoms with Crippen LogP contribution in [0.2, 0.25) is 5.02 Å². The fourth-order valence-electron chi connectivity index (χ4n) is 2.68. The molecule has 2 nitrogen and oxygen atoms in total. The Kier molecular flexibility index (Phi) is 4.90. The highest BCUT2D eigenvalue weighted by molar-refractivity contribution is 6.30. The van der Waals surface area contributed by atoms with E-state index in [-0.39, 0.29) is 12.2 Å². The van der Waals surface area contributed by atoms with Gasteiger partial charge in [-0.05, 0) is 43.9 Å². The summed E-state index contributed by atoms with van der Waals surface area (Å²) in [6.07, 6.45) is 5.41. The number of halogens is 1. The SMILES string of the molecule is CC(Oc1cccc(Cl)c1)C(O)C1CCCCC1. The molecule has 0 heterocycles. The van der Waals surface area contributed by atoms with Crippen molar-refractivity contribution in [1.29, 1.82) is 0 Å². The Morgan fingerprint density at radius 1 is 1.28 bits per heavy atom. The molecule has 0 aliphatic heterocycles. The lowest BCUT2D eigenvalue weighted by molar-refractivity contribution is -0.00507. The van der Waals surface area contributed by atoms with Crippen LogP contribution in [0.4, 0.5) is 0 Å². The fraction of sp³-hybridized carbons (Fsp3) is 0.600. The first-order valence-corrected chi connectivity index (χ1v) is 7.15. The predicted molar refractivity (Wildman–Crippen MR) is 74.1 cm³/mol. The lowest BCUT2D eigenvalue weighted by Gasteiger charge is -2.30. The number of aliphatic hydroxyl groups excluding tert-OH is 1. The van der Waals surface area contributed by atoms with Crippen LogP contribution in [0.5, 0.6) is 5.75 Å². The van der Waals surface area contributed by atoms with E-state index >= 15 is 0 Å². The molecule has 0 saturated heterocycles. The monoisotopic (exact) mass is 268 g/mol. The van der Waals surface area contributed by atoms with Gasteiger partial charge in [0.05, 0.1) is 6.10 Å². The lowest BCUT2D eigenvalue weighted by atomic mass is 9.83. The van der Waals surface area contributed by atoms with Gasteiger partial charge in [0, 0.05) is 5.02 Å². The largest absolute Gasteiger partial charge is 0.488 e. The summed E-state index contributed by atoms with van der Waals surface area (Å²) in [5.74, 6) is 1.11. The molecule has 3 heteroatoms. The zero-order chi connectivity index (χ0) is 13.0. The third kappa shape index (κ3) is 3.63. The van der Waals surface area contributed by atoms with Crippen LogP contribution in [0.1, 0.15) is 39.0 Å². The summed E-state index contributed by atoms with van der Waals surface area (Å²) in [5, 5.41) is 11.0. The second-order valence-electron chi connectivity index (χ2n) is 5.17. The first-order valence-electron chi connectivity index (χ1n) is 6.77. The third-order valence-corrected chi connectivity index (χ3v) is 3.97. The molecule has 1 aliphatic carbocycles. The highest BCUT2D eigenvalue weighted by Crippen LogP contribution is 2.29. The molecule has 0 spiro atoms. The second kappa shape index (κ2) is 6.44. The van der Waals surface area contributed by atoms with E-state index in [1.165, 1.54) is 19.3 Å². The first-order chi connectivity index (χ1) is 8.66. The van der Waals surface area contributed by atoms with Gasteiger partial charge in [-0.2, -0.15) is 0 Å². The molecular weight excluding hydrogens is 248 g/mol. The average molecular weight is 269 g/mol. The topological polar surface area (TPSA) is 29.5 Å². The van der Waals surface area contributed by atoms with Crippen molar-refractivity contribution in [2.24, 2.45) is 5.92 Å². The Bertz CT molecular complexity index is 375. The van der Waals surface area contributed by atoms with Crippen LogP contribution in [0.3, 0.4) is 0 Å². The van der Waals surface area contributed by atoms with Gasteiger partial charge in [-0.25, -0.2) is 0 Å². The van der Waals surface area contributed by atoms with Crippen LogP contribution < -0.4 is 4.74 Å². The van der Waals surface area contributed by atoms with Crippen molar-refractivity contribution in [3.05, 3.63) is 29.3 Å². The van der Waals surface area contributed by atoms with E-state index in [1.807, 2.05) is 25.1 Å². The molecular formula is C15H21ClO2. The van der Waals surface area contributed by atoms with Crippen LogP contribution in [0.25, 0.3) is 0 Å². The molecule has 0 amide bonds. The zero-order valence-electron chi connectivity index (χ0n) is 10.8. The number of ether oxygens (including phenoxy) is 1. The smallest absolute Gasteiger partial charge is 0.122 e. The Balaban J connectivity index is 1.92. The minimum absolute atomic E-state index is 0.188. The van der Waals surface area contributed by atoms with Crippen LogP contribution in [-0.2, 0) is 0 Å². The number of hydrogen-bond acceptors (Lipinski definition) is 2. The van der Waals surface area contributed by atoms with Crippen molar-refractivity contribution in [1.82, 2.24) is 0 Å². The first kappa shape index (κ1) is 13.7. The molecule has 1 fully saturated rings. The van der Waals surface area contributed by atoms with E-state index in [4.69, 9.17) is 16.3 Å². The highest BCUT2D eigenvalue weighted by Gasteiger charge is 2.27. The Hall–Kier alpha value is -0.730. The van der Waals surface area contributed by atoms with Gasteiger partial charge in [-0.1, -0.05) is 36.9 Å². The molecule has 0 bridgehead atoms. The molecule has 1 aliphatic rings. The molecule has 2 rings (SSSR count). The summed E-state index contributed by atoms with van der Waals surface area (Å²) >= 11 is 5.91. The van der Waals surface area contributed by atoms with Crippen molar-refractivity contribution in [3.63, 3.8) is 0 Å². The summed E-state index contributed by atoms with van der Waals surface area (Å²) in [6, 6.07) is 7.33. The fourth-order valence-corrected chi connectivity index (χ4v) is 2.86. The van der Waals surface area contributed by atoms with Gasteiger partial charge in [0.1, 0.15) is 11.9 Å². The minimum atomic E-state index is -0.385. The Labute approximate surface area is 114 Å². The van der Waals surface area contributed by atoms with Gasteiger partial charge in [-0.3, -0.25) is 0 Å². The van der Waals surface area contributed by atoms with Crippen molar-refractivity contribution in [2.45, 2.75) is 51.2 Å². The van der Waals surface area contributed by atoms with Gasteiger partial charge in [-0.15, -0.1) is 0 Å². The molecule has 1 N–H and O–H groups in total. The Morgan fingerprint density at radius 3 is 2.67 bits per heavy atom. The zero-order valence-corrected chi connectivity index (χ0v) is 11.6. The van der Waals surface area contributed by atoms with E-state index in [1.54, 1.807) is 6.07 Å². The average Bonchev–Trinajstić information content (AvgIpc) is 2.39. The number of hydrogen-bond donors (Lipinski definition) is 1. The van der Waals surface area contributed by atoms with Crippen LogP contribution in [0, 0.1) is 5.92 Å². The van der Waals surface area contributed by atoms with Crippen LogP contribution in [0.15, 0.2) is 24.3 Å². The minimum Gasteiger partial charge on any atom is -0.488 e.